The van der Waals surface area contributed by atoms with Gasteiger partial charge in [-0.2, -0.15) is 0 Å². The lowest BCUT2D eigenvalue weighted by atomic mass is 10.3. The summed E-state index contributed by atoms with van der Waals surface area (Å²) in [7, 11) is 0. The second kappa shape index (κ2) is 12.9. The number of hydrogen-bond acceptors (Lipinski definition) is 4. The third-order valence-electron chi connectivity index (χ3n) is 7.16. The lowest BCUT2D eigenvalue weighted by Gasteiger charge is -2.35. The van der Waals surface area contributed by atoms with Crippen molar-refractivity contribution in [2.24, 2.45) is 9.98 Å². The van der Waals surface area contributed by atoms with Crippen LogP contribution in [0.25, 0.3) is 0 Å². The van der Waals surface area contributed by atoms with Crippen molar-refractivity contribution in [3.05, 3.63) is 152 Å². The Bertz CT molecular complexity index is 1680. The van der Waals surface area contributed by atoms with Crippen LogP contribution < -0.4 is 20.8 Å². The smallest absolute Gasteiger partial charge is 0.176 e. The van der Waals surface area contributed by atoms with E-state index in [0.29, 0.717) is 4.99 Å². The summed E-state index contributed by atoms with van der Waals surface area (Å²) < 4.78 is 0. The summed E-state index contributed by atoms with van der Waals surface area (Å²) >= 11 is 7.95. The molecule has 0 saturated carbocycles. The van der Waals surface area contributed by atoms with Crippen molar-refractivity contribution in [2.75, 3.05) is 11.4 Å². The Labute approximate surface area is 257 Å². The molecule has 0 N–H and O–H groups in total. The zero-order valence-electron chi connectivity index (χ0n) is 23.2. The number of aliphatic imine (C=N–C) groups is 2. The number of thiocarbonyl (C=S) groups is 1. The molecule has 3 nitrogen and oxygen atoms in total. The number of anilines is 1. The van der Waals surface area contributed by atoms with E-state index in [1.165, 1.54) is 15.9 Å². The first kappa shape index (κ1) is 28.1. The van der Waals surface area contributed by atoms with Crippen molar-refractivity contribution in [3.8, 4) is 0 Å². The summed E-state index contributed by atoms with van der Waals surface area (Å²) in [6.45, 7) is 0.376. The van der Waals surface area contributed by atoms with Crippen LogP contribution in [0.3, 0.4) is 0 Å². The summed E-state index contributed by atoms with van der Waals surface area (Å²) in [4.78, 5) is 13.3. The Morgan fingerprint density at radius 1 is 0.643 bits per heavy atom. The third-order valence-corrected chi connectivity index (χ3v) is 13.1. The maximum absolute atomic E-state index is 6.35. The predicted octanol–water partition coefficient (Wildman–Crippen LogP) is 7.84. The van der Waals surface area contributed by atoms with Crippen LogP contribution in [-0.2, 0) is 0 Å². The standard InChI is InChI=1S/C36H30N3PS2/c1-2-39(29-20-10-4-11-21-29)36-38-34(41)33(35(42-36)37-28-18-8-3-9-19-28)40(30-22-12-5-13-23-30,31-24-14-6-15-25-31)32-26-16-7-17-27-32/h3-27H,2H2,1H3. The SMILES string of the molecule is CCN(C1=NC(=S)C(=P(c2ccccc2)(c2ccccc2)c2ccccc2)C(=Nc2ccccc2)S1)c1ccccc1. The zero-order valence-corrected chi connectivity index (χ0v) is 25.8. The minimum absolute atomic E-state index is 0.581. The molecule has 0 amide bonds. The highest BCUT2D eigenvalue weighted by Gasteiger charge is 2.37. The topological polar surface area (TPSA) is 28.0 Å². The van der Waals surface area contributed by atoms with Gasteiger partial charge in [-0.1, -0.05) is 140 Å². The third kappa shape index (κ3) is 5.44. The van der Waals surface area contributed by atoms with E-state index < -0.39 is 6.89 Å². The Morgan fingerprint density at radius 2 is 1.07 bits per heavy atom. The van der Waals surface area contributed by atoms with Gasteiger partial charge < -0.3 is 4.90 Å². The number of hydrogen-bond donors (Lipinski definition) is 0. The highest BCUT2D eigenvalue weighted by molar-refractivity contribution is 8.30. The fraction of sp³-hybridized carbons (Fsp3) is 0.0556. The molecule has 5 aromatic carbocycles. The molecular weight excluding hydrogens is 570 g/mol. The van der Waals surface area contributed by atoms with Crippen LogP contribution in [0.2, 0.25) is 0 Å². The second-order valence-corrected chi connectivity index (χ2v) is 14.3. The highest BCUT2D eigenvalue weighted by Crippen LogP contribution is 2.49. The summed E-state index contributed by atoms with van der Waals surface area (Å²) in [5, 5.41) is 6.39. The molecule has 6 heteroatoms. The van der Waals surface area contributed by atoms with Crippen molar-refractivity contribution in [2.45, 2.75) is 6.92 Å². The predicted molar refractivity (Wildman–Crippen MR) is 191 cm³/mol. The molecule has 1 aliphatic heterocycles. The van der Waals surface area contributed by atoms with Crippen molar-refractivity contribution >= 4 is 78.6 Å². The fourth-order valence-corrected chi connectivity index (χ4v) is 11.8. The van der Waals surface area contributed by atoms with Crippen molar-refractivity contribution in [1.29, 1.82) is 0 Å². The van der Waals surface area contributed by atoms with Crippen LogP contribution in [0.15, 0.2) is 162 Å². The van der Waals surface area contributed by atoms with Gasteiger partial charge in [-0.3, -0.25) is 0 Å². The first-order valence-electron chi connectivity index (χ1n) is 13.9. The molecule has 0 aromatic heterocycles. The molecule has 0 spiro atoms. The molecule has 5 aromatic rings. The first-order valence-corrected chi connectivity index (χ1v) is 16.9. The van der Waals surface area contributed by atoms with Crippen LogP contribution in [0, 0.1) is 0 Å². The van der Waals surface area contributed by atoms with Crippen LogP contribution >= 0.6 is 30.9 Å². The first-order chi connectivity index (χ1) is 20.7. The largest absolute Gasteiger partial charge is 0.321 e. The molecule has 0 bridgehead atoms. The molecule has 6 rings (SSSR count). The molecule has 0 radical (unpaired) electrons. The van der Waals surface area contributed by atoms with Crippen molar-refractivity contribution in [3.63, 3.8) is 0 Å². The Hall–Kier alpha value is -4.02. The van der Waals surface area contributed by atoms with E-state index in [0.717, 1.165) is 33.4 Å². The molecule has 206 valence electrons. The van der Waals surface area contributed by atoms with Gasteiger partial charge in [-0.25, -0.2) is 9.98 Å². The van der Waals surface area contributed by atoms with Crippen LogP contribution in [0.4, 0.5) is 11.4 Å². The quantitative estimate of drug-likeness (QED) is 0.147. The van der Waals surface area contributed by atoms with E-state index in [9.17, 15) is 0 Å². The molecular formula is C36H30N3PS2. The number of para-hydroxylation sites is 2. The number of benzene rings is 5. The average Bonchev–Trinajstić information content (AvgIpc) is 3.05. The minimum atomic E-state index is -2.52. The molecule has 0 aliphatic carbocycles. The van der Waals surface area contributed by atoms with Crippen molar-refractivity contribution < 1.29 is 0 Å². The van der Waals surface area contributed by atoms with E-state index in [1.807, 2.05) is 36.4 Å². The zero-order chi connectivity index (χ0) is 28.8. The Balaban J connectivity index is 1.74. The normalized spacial score (nSPS) is 14.5. The van der Waals surface area contributed by atoms with E-state index in [1.54, 1.807) is 11.8 Å². The molecule has 1 aliphatic rings. The van der Waals surface area contributed by atoms with Crippen LogP contribution in [0.5, 0.6) is 0 Å². The van der Waals surface area contributed by atoms with Gasteiger partial charge in [-0.15, -0.1) is 0 Å². The minimum Gasteiger partial charge on any atom is -0.321 e. The number of nitrogens with zero attached hydrogens (tertiary/aromatic N) is 3. The monoisotopic (exact) mass is 599 g/mol. The summed E-state index contributed by atoms with van der Waals surface area (Å²) in [5.41, 5.74) is 1.96. The van der Waals surface area contributed by atoms with Gasteiger partial charge in [0.05, 0.1) is 11.0 Å². The van der Waals surface area contributed by atoms with Gasteiger partial charge in [0, 0.05) is 12.2 Å². The van der Waals surface area contributed by atoms with Crippen LogP contribution in [-0.4, -0.2) is 27.0 Å². The van der Waals surface area contributed by atoms with E-state index in [2.05, 4.69) is 127 Å². The number of amidine groups is 1. The summed E-state index contributed by atoms with van der Waals surface area (Å²) in [6, 6.07) is 52.8. The molecule has 0 fully saturated rings. The summed E-state index contributed by atoms with van der Waals surface area (Å²) in [6.07, 6.45) is 0. The van der Waals surface area contributed by atoms with Gasteiger partial charge >= 0.3 is 0 Å². The average molecular weight is 600 g/mol. The van der Waals surface area contributed by atoms with Crippen molar-refractivity contribution in [1.82, 2.24) is 0 Å². The van der Waals surface area contributed by atoms with E-state index in [4.69, 9.17) is 22.2 Å². The number of thioether (sulfide) groups is 1. The fourth-order valence-electron chi connectivity index (χ4n) is 5.31. The highest BCUT2D eigenvalue weighted by atomic mass is 32.2. The van der Waals surface area contributed by atoms with E-state index in [-0.39, 0.29) is 0 Å². The summed E-state index contributed by atoms with van der Waals surface area (Å²) in [5.74, 6) is 0. The molecule has 0 unspecified atom stereocenters. The molecule has 42 heavy (non-hydrogen) atoms. The van der Waals surface area contributed by atoms with E-state index >= 15 is 0 Å². The lowest BCUT2D eigenvalue weighted by molar-refractivity contribution is 1.07. The van der Waals surface area contributed by atoms with Gasteiger partial charge in [-0.05, 0) is 65.8 Å². The Kier molecular flexibility index (Phi) is 8.62. The maximum Gasteiger partial charge on any atom is 0.176 e. The second-order valence-electron chi connectivity index (χ2n) is 9.66. The number of rotatable bonds is 6. The molecule has 0 saturated heterocycles. The van der Waals surface area contributed by atoms with Gasteiger partial charge in [0.2, 0.25) is 0 Å². The molecule has 1 heterocycles. The lowest BCUT2D eigenvalue weighted by Crippen LogP contribution is -2.41. The molecule has 0 atom stereocenters. The van der Waals surface area contributed by atoms with Gasteiger partial charge in [0.25, 0.3) is 0 Å². The van der Waals surface area contributed by atoms with Gasteiger partial charge in [0.15, 0.2) is 5.17 Å². The van der Waals surface area contributed by atoms with Gasteiger partial charge in [0.1, 0.15) is 10.0 Å². The van der Waals surface area contributed by atoms with Crippen LogP contribution in [0.1, 0.15) is 6.92 Å². The maximum atomic E-state index is 6.35. The Morgan fingerprint density at radius 3 is 1.52 bits per heavy atom.